The van der Waals surface area contributed by atoms with Gasteiger partial charge in [-0.15, -0.1) is 0 Å². The van der Waals surface area contributed by atoms with Gasteiger partial charge in [-0.2, -0.15) is 0 Å². The lowest BCUT2D eigenvalue weighted by Crippen LogP contribution is -2.23. The Bertz CT molecular complexity index is 704. The Morgan fingerprint density at radius 2 is 2.04 bits per heavy atom. The summed E-state index contributed by atoms with van der Waals surface area (Å²) in [5.41, 5.74) is 1.47. The normalized spacial score (nSPS) is 15.7. The predicted molar refractivity (Wildman–Crippen MR) is 89.9 cm³/mol. The van der Waals surface area contributed by atoms with E-state index in [4.69, 9.17) is 16.3 Å². The molecular weight excluding hydrogens is 314 g/mol. The number of amides is 1. The summed E-state index contributed by atoms with van der Waals surface area (Å²) in [6, 6.07) is 14.5. The highest BCUT2D eigenvalue weighted by Crippen LogP contribution is 2.27. The first-order valence-electron chi connectivity index (χ1n) is 7.61. The number of ether oxygens (including phenoxy) is 1. The molecule has 1 atom stereocenters. The molecule has 1 fully saturated rings. The zero-order valence-corrected chi connectivity index (χ0v) is 13.4. The van der Waals surface area contributed by atoms with Crippen LogP contribution in [0.2, 0.25) is 5.02 Å². The van der Waals surface area contributed by atoms with Crippen molar-refractivity contribution in [1.82, 2.24) is 0 Å². The summed E-state index contributed by atoms with van der Waals surface area (Å²) in [5, 5.41) is 10.7. The van der Waals surface area contributed by atoms with E-state index in [1.165, 1.54) is 0 Å². The number of anilines is 1. The molecule has 5 heteroatoms. The molecule has 1 N–H and O–H groups in total. The maximum absolute atomic E-state index is 11.8. The van der Waals surface area contributed by atoms with Gasteiger partial charge in [-0.25, -0.2) is 0 Å². The van der Waals surface area contributed by atoms with E-state index < -0.39 is 6.10 Å². The second kappa shape index (κ2) is 7.02. The van der Waals surface area contributed by atoms with Crippen LogP contribution in [-0.4, -0.2) is 24.2 Å². The number of rotatable bonds is 5. The quantitative estimate of drug-likeness (QED) is 0.911. The van der Waals surface area contributed by atoms with Gasteiger partial charge in [0.25, 0.3) is 0 Å². The molecule has 0 aromatic heterocycles. The molecule has 120 valence electrons. The number of nitrogens with zero attached hydrogens (tertiary/aromatic N) is 1. The van der Waals surface area contributed by atoms with Crippen molar-refractivity contribution in [3.63, 3.8) is 0 Å². The third-order valence-electron chi connectivity index (χ3n) is 3.87. The van der Waals surface area contributed by atoms with Gasteiger partial charge in [0.05, 0.1) is 0 Å². The van der Waals surface area contributed by atoms with Gasteiger partial charge >= 0.3 is 0 Å². The molecular formula is C18H18ClNO3. The standard InChI is InChI=1S/C18H18ClNO3/c19-16-8-2-1-7-15(16)17(21)12-23-14-6-3-5-13(11-14)20-10-4-9-18(20)22/h1-3,5-8,11,17,21H,4,9-10,12H2. The average molecular weight is 332 g/mol. The maximum Gasteiger partial charge on any atom is 0.227 e. The first-order chi connectivity index (χ1) is 11.1. The molecule has 0 saturated carbocycles. The van der Waals surface area contributed by atoms with E-state index in [0.29, 0.717) is 22.8 Å². The van der Waals surface area contributed by atoms with E-state index in [0.717, 1.165) is 18.7 Å². The van der Waals surface area contributed by atoms with Gasteiger partial charge in [0.1, 0.15) is 18.5 Å². The van der Waals surface area contributed by atoms with E-state index in [1.807, 2.05) is 36.4 Å². The number of aliphatic hydroxyl groups is 1. The predicted octanol–water partition coefficient (Wildman–Crippen LogP) is 3.58. The van der Waals surface area contributed by atoms with E-state index in [2.05, 4.69) is 0 Å². The SMILES string of the molecule is O=C1CCCN1c1cccc(OCC(O)c2ccccc2Cl)c1. The van der Waals surface area contributed by atoms with Crippen LogP contribution < -0.4 is 9.64 Å². The van der Waals surface area contributed by atoms with Crippen molar-refractivity contribution in [2.45, 2.75) is 18.9 Å². The van der Waals surface area contributed by atoms with Crippen molar-refractivity contribution < 1.29 is 14.6 Å². The molecule has 1 aliphatic rings. The lowest BCUT2D eigenvalue weighted by molar-refractivity contribution is -0.117. The highest BCUT2D eigenvalue weighted by Gasteiger charge is 2.22. The minimum atomic E-state index is -0.805. The highest BCUT2D eigenvalue weighted by molar-refractivity contribution is 6.31. The number of halogens is 1. The Morgan fingerprint density at radius 3 is 2.78 bits per heavy atom. The largest absolute Gasteiger partial charge is 0.490 e. The van der Waals surface area contributed by atoms with Crippen LogP contribution in [0.3, 0.4) is 0 Å². The average Bonchev–Trinajstić information content (AvgIpc) is 2.99. The molecule has 23 heavy (non-hydrogen) atoms. The lowest BCUT2D eigenvalue weighted by Gasteiger charge is -2.18. The number of hydrogen-bond acceptors (Lipinski definition) is 3. The Labute approximate surface area is 140 Å². The topological polar surface area (TPSA) is 49.8 Å². The van der Waals surface area contributed by atoms with Crippen LogP contribution in [0.15, 0.2) is 48.5 Å². The summed E-state index contributed by atoms with van der Waals surface area (Å²) in [6.45, 7) is 0.839. The van der Waals surface area contributed by atoms with Gasteiger partial charge in [0.2, 0.25) is 5.91 Å². The monoisotopic (exact) mass is 331 g/mol. The summed E-state index contributed by atoms with van der Waals surface area (Å²) >= 11 is 6.07. The third kappa shape index (κ3) is 3.66. The number of aliphatic hydroxyl groups excluding tert-OH is 1. The van der Waals surface area contributed by atoms with E-state index in [-0.39, 0.29) is 12.5 Å². The Hall–Kier alpha value is -2.04. The van der Waals surface area contributed by atoms with Gasteiger partial charge in [0.15, 0.2) is 0 Å². The minimum absolute atomic E-state index is 0.0983. The van der Waals surface area contributed by atoms with Crippen LogP contribution in [0.4, 0.5) is 5.69 Å². The molecule has 0 bridgehead atoms. The molecule has 2 aromatic rings. The Morgan fingerprint density at radius 1 is 1.22 bits per heavy atom. The minimum Gasteiger partial charge on any atom is -0.490 e. The second-order valence-corrected chi connectivity index (χ2v) is 5.90. The first kappa shape index (κ1) is 15.8. The summed E-state index contributed by atoms with van der Waals surface area (Å²) in [6.07, 6.45) is 0.673. The van der Waals surface area contributed by atoms with Crippen LogP contribution in [-0.2, 0) is 4.79 Å². The lowest BCUT2D eigenvalue weighted by atomic mass is 10.1. The fraction of sp³-hybridized carbons (Fsp3) is 0.278. The van der Waals surface area contributed by atoms with Gasteiger partial charge in [-0.1, -0.05) is 35.9 Å². The van der Waals surface area contributed by atoms with E-state index in [1.54, 1.807) is 17.0 Å². The van der Waals surface area contributed by atoms with Crippen LogP contribution in [0.5, 0.6) is 5.75 Å². The Kier molecular flexibility index (Phi) is 4.84. The molecule has 1 heterocycles. The van der Waals surface area contributed by atoms with Gasteiger partial charge in [0, 0.05) is 35.3 Å². The molecule has 4 nitrogen and oxygen atoms in total. The van der Waals surface area contributed by atoms with E-state index in [9.17, 15) is 9.90 Å². The van der Waals surface area contributed by atoms with Crippen molar-refractivity contribution in [3.8, 4) is 5.75 Å². The summed E-state index contributed by atoms with van der Waals surface area (Å²) < 4.78 is 5.67. The second-order valence-electron chi connectivity index (χ2n) is 5.49. The van der Waals surface area contributed by atoms with E-state index >= 15 is 0 Å². The fourth-order valence-electron chi connectivity index (χ4n) is 2.67. The molecule has 1 unspecified atom stereocenters. The number of hydrogen-bond donors (Lipinski definition) is 1. The number of benzene rings is 2. The molecule has 3 rings (SSSR count). The van der Waals surface area contributed by atoms with Crippen LogP contribution in [0.1, 0.15) is 24.5 Å². The van der Waals surface area contributed by atoms with Crippen molar-refractivity contribution in [3.05, 3.63) is 59.1 Å². The van der Waals surface area contributed by atoms with Gasteiger partial charge in [-0.05, 0) is 24.6 Å². The summed E-state index contributed by atoms with van der Waals surface area (Å²) in [7, 11) is 0. The van der Waals surface area contributed by atoms with Crippen LogP contribution in [0, 0.1) is 0 Å². The van der Waals surface area contributed by atoms with Crippen LogP contribution >= 0.6 is 11.6 Å². The van der Waals surface area contributed by atoms with Crippen molar-refractivity contribution in [1.29, 1.82) is 0 Å². The van der Waals surface area contributed by atoms with Gasteiger partial charge < -0.3 is 14.7 Å². The third-order valence-corrected chi connectivity index (χ3v) is 4.22. The zero-order valence-electron chi connectivity index (χ0n) is 12.6. The summed E-state index contributed by atoms with van der Waals surface area (Å²) in [5.74, 6) is 0.756. The highest BCUT2D eigenvalue weighted by atomic mass is 35.5. The molecule has 1 saturated heterocycles. The first-order valence-corrected chi connectivity index (χ1v) is 7.98. The molecule has 1 amide bonds. The summed E-state index contributed by atoms with van der Waals surface area (Å²) in [4.78, 5) is 13.6. The van der Waals surface area contributed by atoms with Crippen molar-refractivity contribution >= 4 is 23.2 Å². The molecule has 0 spiro atoms. The molecule has 0 radical (unpaired) electrons. The molecule has 1 aliphatic heterocycles. The van der Waals surface area contributed by atoms with Crippen LogP contribution in [0.25, 0.3) is 0 Å². The molecule has 2 aromatic carbocycles. The molecule has 0 aliphatic carbocycles. The van der Waals surface area contributed by atoms with Gasteiger partial charge in [-0.3, -0.25) is 4.79 Å². The smallest absolute Gasteiger partial charge is 0.227 e. The van der Waals surface area contributed by atoms with Crippen molar-refractivity contribution in [2.75, 3.05) is 18.1 Å². The number of carbonyl (C=O) groups is 1. The fourth-order valence-corrected chi connectivity index (χ4v) is 2.93. The Balaban J connectivity index is 1.67. The van der Waals surface area contributed by atoms with Crippen molar-refractivity contribution in [2.24, 2.45) is 0 Å². The maximum atomic E-state index is 11.8. The zero-order chi connectivity index (χ0) is 16.2. The number of carbonyl (C=O) groups excluding carboxylic acids is 1.